The van der Waals surface area contributed by atoms with E-state index in [0.29, 0.717) is 6.54 Å². The number of anilines is 1. The van der Waals surface area contributed by atoms with Gasteiger partial charge in [-0.3, -0.25) is 4.90 Å². The van der Waals surface area contributed by atoms with Crippen molar-refractivity contribution in [3.63, 3.8) is 0 Å². The van der Waals surface area contributed by atoms with E-state index in [2.05, 4.69) is 0 Å². The molecule has 0 unspecified atom stereocenters. The SMILES string of the molecule is CC(C)N1CCN(c2ccccc2CN)C1=O. The van der Waals surface area contributed by atoms with Crippen molar-refractivity contribution in [2.75, 3.05) is 18.0 Å². The predicted octanol–water partition coefficient (Wildman–Crippen LogP) is 1.80. The lowest BCUT2D eigenvalue weighted by Gasteiger charge is -2.23. The van der Waals surface area contributed by atoms with Gasteiger partial charge in [0.1, 0.15) is 0 Å². The number of para-hydroxylation sites is 1. The Labute approximate surface area is 102 Å². The van der Waals surface area contributed by atoms with Crippen LogP contribution in [0.4, 0.5) is 10.5 Å². The third-order valence-corrected chi connectivity index (χ3v) is 3.17. The molecule has 2 rings (SSSR count). The van der Waals surface area contributed by atoms with E-state index in [1.807, 2.05) is 47.9 Å². The van der Waals surface area contributed by atoms with Gasteiger partial charge in [-0.25, -0.2) is 4.79 Å². The van der Waals surface area contributed by atoms with Gasteiger partial charge in [-0.15, -0.1) is 0 Å². The number of carbonyl (C=O) groups is 1. The first-order valence-electron chi connectivity index (χ1n) is 6.01. The first-order valence-corrected chi connectivity index (χ1v) is 6.01. The van der Waals surface area contributed by atoms with Gasteiger partial charge in [-0.05, 0) is 25.5 Å². The predicted molar refractivity (Wildman–Crippen MR) is 68.9 cm³/mol. The molecule has 0 spiro atoms. The normalized spacial score (nSPS) is 16.1. The van der Waals surface area contributed by atoms with Gasteiger partial charge < -0.3 is 10.6 Å². The second-order valence-corrected chi connectivity index (χ2v) is 4.55. The molecule has 4 heteroatoms. The third-order valence-electron chi connectivity index (χ3n) is 3.17. The largest absolute Gasteiger partial charge is 0.326 e. The van der Waals surface area contributed by atoms with Crippen molar-refractivity contribution < 1.29 is 4.79 Å². The van der Waals surface area contributed by atoms with Crippen LogP contribution in [0.3, 0.4) is 0 Å². The maximum Gasteiger partial charge on any atom is 0.324 e. The second-order valence-electron chi connectivity index (χ2n) is 4.55. The fourth-order valence-electron chi connectivity index (χ4n) is 2.20. The van der Waals surface area contributed by atoms with Crippen LogP contribution >= 0.6 is 0 Å². The molecule has 0 saturated carbocycles. The summed E-state index contributed by atoms with van der Waals surface area (Å²) in [5, 5.41) is 0. The molecule has 1 aromatic rings. The van der Waals surface area contributed by atoms with Gasteiger partial charge in [-0.1, -0.05) is 18.2 Å². The molecule has 2 N–H and O–H groups in total. The van der Waals surface area contributed by atoms with Crippen LogP contribution in [0.2, 0.25) is 0 Å². The molecule has 17 heavy (non-hydrogen) atoms. The lowest BCUT2D eigenvalue weighted by molar-refractivity contribution is 0.209. The van der Waals surface area contributed by atoms with E-state index in [0.717, 1.165) is 24.3 Å². The maximum absolute atomic E-state index is 12.2. The molecule has 1 aromatic carbocycles. The topological polar surface area (TPSA) is 49.6 Å². The minimum atomic E-state index is 0.0842. The average molecular weight is 233 g/mol. The zero-order valence-electron chi connectivity index (χ0n) is 10.4. The van der Waals surface area contributed by atoms with E-state index in [1.54, 1.807) is 0 Å². The first-order chi connectivity index (χ1) is 8.15. The smallest absolute Gasteiger partial charge is 0.324 e. The summed E-state index contributed by atoms with van der Waals surface area (Å²) in [6, 6.07) is 8.16. The Morgan fingerprint density at radius 3 is 2.59 bits per heavy atom. The van der Waals surface area contributed by atoms with Crippen molar-refractivity contribution in [2.45, 2.75) is 26.4 Å². The highest BCUT2D eigenvalue weighted by molar-refractivity contribution is 5.95. The van der Waals surface area contributed by atoms with Crippen molar-refractivity contribution in [1.29, 1.82) is 0 Å². The Bertz CT molecular complexity index is 417. The van der Waals surface area contributed by atoms with Crippen LogP contribution in [0, 0.1) is 0 Å². The van der Waals surface area contributed by atoms with Gasteiger partial charge in [0, 0.05) is 31.4 Å². The molecule has 0 aliphatic carbocycles. The lowest BCUT2D eigenvalue weighted by atomic mass is 10.1. The zero-order valence-corrected chi connectivity index (χ0v) is 10.4. The van der Waals surface area contributed by atoms with Gasteiger partial charge in [0.15, 0.2) is 0 Å². The van der Waals surface area contributed by atoms with Crippen LogP contribution in [-0.2, 0) is 6.54 Å². The van der Waals surface area contributed by atoms with Crippen molar-refractivity contribution in [3.8, 4) is 0 Å². The van der Waals surface area contributed by atoms with Gasteiger partial charge in [0.25, 0.3) is 0 Å². The van der Waals surface area contributed by atoms with E-state index < -0.39 is 0 Å². The molecule has 1 aliphatic heterocycles. The summed E-state index contributed by atoms with van der Waals surface area (Å²) in [7, 11) is 0. The molecule has 1 fully saturated rings. The van der Waals surface area contributed by atoms with Crippen LogP contribution in [0.15, 0.2) is 24.3 Å². The van der Waals surface area contributed by atoms with Crippen LogP contribution < -0.4 is 10.6 Å². The zero-order chi connectivity index (χ0) is 12.4. The Morgan fingerprint density at radius 2 is 2.00 bits per heavy atom. The maximum atomic E-state index is 12.2. The number of hydrogen-bond donors (Lipinski definition) is 1. The molecule has 0 atom stereocenters. The number of nitrogens with zero attached hydrogens (tertiary/aromatic N) is 2. The van der Waals surface area contributed by atoms with Crippen molar-refractivity contribution in [2.24, 2.45) is 5.73 Å². The monoisotopic (exact) mass is 233 g/mol. The van der Waals surface area contributed by atoms with E-state index in [1.165, 1.54) is 0 Å². The lowest BCUT2D eigenvalue weighted by Crippen LogP contribution is -2.36. The molecule has 4 nitrogen and oxygen atoms in total. The second kappa shape index (κ2) is 4.75. The third kappa shape index (κ3) is 2.13. The summed E-state index contributed by atoms with van der Waals surface area (Å²) >= 11 is 0. The molecule has 0 bridgehead atoms. The number of benzene rings is 1. The van der Waals surface area contributed by atoms with Crippen molar-refractivity contribution >= 4 is 11.7 Å². The molecule has 0 aromatic heterocycles. The Hall–Kier alpha value is -1.55. The van der Waals surface area contributed by atoms with E-state index in [-0.39, 0.29) is 12.1 Å². The molecule has 1 aliphatic rings. The molecule has 0 radical (unpaired) electrons. The number of carbonyl (C=O) groups excluding carboxylic acids is 1. The summed E-state index contributed by atoms with van der Waals surface area (Å²) in [5.74, 6) is 0. The van der Waals surface area contributed by atoms with E-state index >= 15 is 0 Å². The van der Waals surface area contributed by atoms with Crippen LogP contribution in [0.1, 0.15) is 19.4 Å². The number of urea groups is 1. The molecule has 1 heterocycles. The van der Waals surface area contributed by atoms with Gasteiger partial charge in [0.2, 0.25) is 0 Å². The van der Waals surface area contributed by atoms with Gasteiger partial charge in [0.05, 0.1) is 0 Å². The van der Waals surface area contributed by atoms with Gasteiger partial charge in [-0.2, -0.15) is 0 Å². The summed E-state index contributed by atoms with van der Waals surface area (Å²) in [4.78, 5) is 15.9. The van der Waals surface area contributed by atoms with Crippen LogP contribution in [0.5, 0.6) is 0 Å². The summed E-state index contributed by atoms with van der Waals surface area (Å²) in [5.41, 5.74) is 7.67. The molecule has 1 saturated heterocycles. The minimum Gasteiger partial charge on any atom is -0.326 e. The summed E-state index contributed by atoms with van der Waals surface area (Å²) in [6.07, 6.45) is 0. The minimum absolute atomic E-state index is 0.0842. The first kappa shape index (κ1) is 11.9. The average Bonchev–Trinajstić information content (AvgIpc) is 2.71. The van der Waals surface area contributed by atoms with E-state index in [4.69, 9.17) is 5.73 Å². The van der Waals surface area contributed by atoms with Crippen LogP contribution in [0.25, 0.3) is 0 Å². The number of rotatable bonds is 3. The highest BCUT2D eigenvalue weighted by atomic mass is 16.2. The summed E-state index contributed by atoms with van der Waals surface area (Å²) < 4.78 is 0. The van der Waals surface area contributed by atoms with E-state index in [9.17, 15) is 4.79 Å². The Balaban J connectivity index is 2.27. The molecular weight excluding hydrogens is 214 g/mol. The summed E-state index contributed by atoms with van der Waals surface area (Å²) in [6.45, 7) is 6.07. The van der Waals surface area contributed by atoms with Crippen LogP contribution in [-0.4, -0.2) is 30.1 Å². The fourth-order valence-corrected chi connectivity index (χ4v) is 2.20. The Kier molecular flexibility index (Phi) is 3.33. The molecule has 2 amide bonds. The van der Waals surface area contributed by atoms with Gasteiger partial charge >= 0.3 is 6.03 Å². The van der Waals surface area contributed by atoms with Crippen molar-refractivity contribution in [1.82, 2.24) is 4.90 Å². The fraction of sp³-hybridized carbons (Fsp3) is 0.462. The highest BCUT2D eigenvalue weighted by Gasteiger charge is 2.31. The standard InChI is InChI=1S/C13H19N3O/c1-10(2)15-7-8-16(13(15)17)12-6-4-3-5-11(12)9-14/h3-6,10H,7-9,14H2,1-2H3. The number of amides is 2. The molecular formula is C13H19N3O. The number of nitrogens with two attached hydrogens (primary N) is 1. The number of hydrogen-bond acceptors (Lipinski definition) is 2. The van der Waals surface area contributed by atoms with Crippen molar-refractivity contribution in [3.05, 3.63) is 29.8 Å². The highest BCUT2D eigenvalue weighted by Crippen LogP contribution is 2.25. The molecule has 92 valence electrons. The quantitative estimate of drug-likeness (QED) is 0.865. The Morgan fingerprint density at radius 1 is 1.29 bits per heavy atom.